The number of nitrogens with two attached hydrogens (primary N) is 1. The largest absolute Gasteiger partial charge is 0.492 e. The van der Waals surface area contributed by atoms with E-state index in [1.54, 1.807) is 6.07 Å². The second-order valence-corrected chi connectivity index (χ2v) is 4.25. The Morgan fingerprint density at radius 3 is 2.86 bits per heavy atom. The first-order chi connectivity index (χ1) is 6.50. The quantitative estimate of drug-likeness (QED) is 0.730. The zero-order valence-corrected chi connectivity index (χ0v) is 8.33. The molecule has 3 heteroatoms. The molecule has 74 valence electrons. The Labute approximate surface area is 82.9 Å². The fraction of sp³-hybridized carbons (Fsp3) is 0.364. The lowest BCUT2D eigenvalue weighted by molar-refractivity contribution is 0.1000. The summed E-state index contributed by atoms with van der Waals surface area (Å²) in [5.41, 5.74) is 6.80. The predicted molar refractivity (Wildman–Crippen MR) is 53.5 cm³/mol. The van der Waals surface area contributed by atoms with E-state index in [0.717, 1.165) is 11.3 Å². The number of primary amides is 1. The molecule has 3 nitrogen and oxygen atoms in total. The summed E-state index contributed by atoms with van der Waals surface area (Å²) in [5.74, 6) is 0.468. The van der Waals surface area contributed by atoms with E-state index in [1.165, 1.54) is 0 Å². The minimum Gasteiger partial charge on any atom is -0.492 e. The monoisotopic (exact) mass is 191 g/mol. The summed E-state index contributed by atoms with van der Waals surface area (Å²) in [6, 6.07) is 5.33. The van der Waals surface area contributed by atoms with E-state index in [2.05, 4.69) is 13.8 Å². The topological polar surface area (TPSA) is 52.3 Å². The summed E-state index contributed by atoms with van der Waals surface area (Å²) in [7, 11) is 0. The minimum absolute atomic E-state index is 0.0270. The number of ether oxygens (including phenoxy) is 1. The van der Waals surface area contributed by atoms with Gasteiger partial charge in [0.05, 0.1) is 6.61 Å². The summed E-state index contributed by atoms with van der Waals surface area (Å²) >= 11 is 0. The van der Waals surface area contributed by atoms with Crippen molar-refractivity contribution in [2.24, 2.45) is 5.73 Å². The average molecular weight is 191 g/mol. The molecule has 0 fully saturated rings. The van der Waals surface area contributed by atoms with E-state index in [9.17, 15) is 4.79 Å². The van der Waals surface area contributed by atoms with Crippen LogP contribution in [0.15, 0.2) is 18.2 Å². The number of amides is 1. The van der Waals surface area contributed by atoms with Crippen LogP contribution < -0.4 is 10.5 Å². The molecule has 14 heavy (non-hydrogen) atoms. The average Bonchev–Trinajstić information content (AvgIpc) is 2.42. The number of hydrogen-bond donors (Lipinski definition) is 1. The minimum atomic E-state index is -0.393. The highest BCUT2D eigenvalue weighted by Crippen LogP contribution is 2.38. The third kappa shape index (κ3) is 1.25. The van der Waals surface area contributed by atoms with Gasteiger partial charge in [0.15, 0.2) is 0 Å². The highest BCUT2D eigenvalue weighted by molar-refractivity contribution is 5.93. The van der Waals surface area contributed by atoms with Crippen molar-refractivity contribution in [3.8, 4) is 5.75 Å². The lowest BCUT2D eigenvalue weighted by Crippen LogP contribution is -2.19. The zero-order chi connectivity index (χ0) is 10.3. The second kappa shape index (κ2) is 2.74. The van der Waals surface area contributed by atoms with Crippen LogP contribution in [0.25, 0.3) is 0 Å². The zero-order valence-electron chi connectivity index (χ0n) is 8.33. The molecular formula is C11H13NO2. The third-order valence-electron chi connectivity index (χ3n) is 2.58. The summed E-state index contributed by atoms with van der Waals surface area (Å²) in [6.45, 7) is 4.83. The number of fused-ring (bicyclic) bond motifs is 1. The number of carbonyl (C=O) groups excluding carboxylic acids is 1. The van der Waals surface area contributed by atoms with Gasteiger partial charge >= 0.3 is 0 Å². The van der Waals surface area contributed by atoms with E-state index in [1.807, 2.05) is 12.1 Å². The van der Waals surface area contributed by atoms with Crippen molar-refractivity contribution in [1.29, 1.82) is 0 Å². The van der Waals surface area contributed by atoms with E-state index in [0.29, 0.717) is 12.2 Å². The summed E-state index contributed by atoms with van der Waals surface area (Å²) in [5, 5.41) is 0. The highest BCUT2D eigenvalue weighted by Gasteiger charge is 2.31. The molecule has 1 aliphatic heterocycles. The summed E-state index contributed by atoms with van der Waals surface area (Å²) < 4.78 is 5.50. The molecule has 1 aromatic carbocycles. The molecular weight excluding hydrogens is 178 g/mol. The van der Waals surface area contributed by atoms with Crippen LogP contribution >= 0.6 is 0 Å². The third-order valence-corrected chi connectivity index (χ3v) is 2.58. The van der Waals surface area contributed by atoms with Crippen LogP contribution in [0.2, 0.25) is 0 Å². The molecule has 2 N–H and O–H groups in total. The van der Waals surface area contributed by atoms with Gasteiger partial charge in [0.25, 0.3) is 0 Å². The molecule has 1 aromatic rings. The number of rotatable bonds is 1. The maximum absolute atomic E-state index is 11.0. The first kappa shape index (κ1) is 9.06. The molecule has 0 spiro atoms. The SMILES string of the molecule is CC1(C)COc2ccc(C(N)=O)cc21. The maximum Gasteiger partial charge on any atom is 0.248 e. The van der Waals surface area contributed by atoms with Crippen LogP contribution in [-0.4, -0.2) is 12.5 Å². The van der Waals surface area contributed by atoms with Crippen LogP contribution in [-0.2, 0) is 5.41 Å². The first-order valence-electron chi connectivity index (χ1n) is 4.58. The molecule has 2 rings (SSSR count). The van der Waals surface area contributed by atoms with Gasteiger partial charge in [-0.15, -0.1) is 0 Å². The number of carbonyl (C=O) groups is 1. The highest BCUT2D eigenvalue weighted by atomic mass is 16.5. The molecule has 0 aromatic heterocycles. The summed E-state index contributed by atoms with van der Waals surface area (Å²) in [4.78, 5) is 11.0. The van der Waals surface area contributed by atoms with Crippen molar-refractivity contribution in [3.05, 3.63) is 29.3 Å². The van der Waals surface area contributed by atoms with Gasteiger partial charge in [-0.2, -0.15) is 0 Å². The molecule has 0 radical (unpaired) electrons. The van der Waals surface area contributed by atoms with E-state index >= 15 is 0 Å². The van der Waals surface area contributed by atoms with E-state index in [4.69, 9.17) is 10.5 Å². The molecule has 0 aliphatic carbocycles. The van der Waals surface area contributed by atoms with Gasteiger partial charge in [-0.3, -0.25) is 4.79 Å². The Balaban J connectivity index is 2.53. The fourth-order valence-corrected chi connectivity index (χ4v) is 1.67. The van der Waals surface area contributed by atoms with Gasteiger partial charge in [0.2, 0.25) is 5.91 Å². The molecule has 0 bridgehead atoms. The van der Waals surface area contributed by atoms with Crippen LogP contribution in [0.4, 0.5) is 0 Å². The van der Waals surface area contributed by atoms with Crippen molar-refractivity contribution < 1.29 is 9.53 Å². The van der Waals surface area contributed by atoms with Gasteiger partial charge in [0, 0.05) is 16.5 Å². The molecule has 1 heterocycles. The fourth-order valence-electron chi connectivity index (χ4n) is 1.67. The maximum atomic E-state index is 11.0. The van der Waals surface area contributed by atoms with Gasteiger partial charge in [-0.25, -0.2) is 0 Å². The summed E-state index contributed by atoms with van der Waals surface area (Å²) in [6.07, 6.45) is 0. The lowest BCUT2D eigenvalue weighted by atomic mass is 9.86. The van der Waals surface area contributed by atoms with Crippen molar-refractivity contribution in [2.75, 3.05) is 6.61 Å². The van der Waals surface area contributed by atoms with Crippen molar-refractivity contribution >= 4 is 5.91 Å². The van der Waals surface area contributed by atoms with Gasteiger partial charge in [0.1, 0.15) is 5.75 Å². The van der Waals surface area contributed by atoms with E-state index in [-0.39, 0.29) is 5.41 Å². The van der Waals surface area contributed by atoms with E-state index < -0.39 is 5.91 Å². The second-order valence-electron chi connectivity index (χ2n) is 4.25. The Bertz CT molecular complexity index is 396. The Morgan fingerprint density at radius 1 is 1.50 bits per heavy atom. The Hall–Kier alpha value is -1.51. The normalized spacial score (nSPS) is 17.3. The van der Waals surface area contributed by atoms with Crippen LogP contribution in [0.5, 0.6) is 5.75 Å². The van der Waals surface area contributed by atoms with Gasteiger partial charge in [-0.1, -0.05) is 13.8 Å². The Kier molecular flexibility index (Phi) is 1.77. The predicted octanol–water partition coefficient (Wildman–Crippen LogP) is 1.46. The molecule has 0 saturated carbocycles. The Morgan fingerprint density at radius 2 is 2.21 bits per heavy atom. The van der Waals surface area contributed by atoms with Crippen LogP contribution in [0.3, 0.4) is 0 Å². The van der Waals surface area contributed by atoms with Gasteiger partial charge < -0.3 is 10.5 Å². The molecule has 0 saturated heterocycles. The standard InChI is InChI=1S/C11H13NO2/c1-11(2)6-14-9-4-3-7(10(12)13)5-8(9)11/h3-5H,6H2,1-2H3,(H2,12,13). The molecule has 0 unspecified atom stereocenters. The molecule has 0 atom stereocenters. The number of benzene rings is 1. The van der Waals surface area contributed by atoms with Crippen molar-refractivity contribution in [1.82, 2.24) is 0 Å². The van der Waals surface area contributed by atoms with Crippen LogP contribution in [0, 0.1) is 0 Å². The number of hydrogen-bond acceptors (Lipinski definition) is 2. The molecule has 1 amide bonds. The first-order valence-corrected chi connectivity index (χ1v) is 4.58. The lowest BCUT2D eigenvalue weighted by Gasteiger charge is -2.15. The smallest absolute Gasteiger partial charge is 0.248 e. The molecule has 1 aliphatic rings. The van der Waals surface area contributed by atoms with Gasteiger partial charge in [-0.05, 0) is 18.2 Å². The van der Waals surface area contributed by atoms with Crippen molar-refractivity contribution in [3.63, 3.8) is 0 Å². The van der Waals surface area contributed by atoms with Crippen molar-refractivity contribution in [2.45, 2.75) is 19.3 Å². The van der Waals surface area contributed by atoms with Crippen LogP contribution in [0.1, 0.15) is 29.8 Å².